The Bertz CT molecular complexity index is 715. The van der Waals surface area contributed by atoms with Crippen LogP contribution in [0.25, 0.3) is 0 Å². The van der Waals surface area contributed by atoms with Crippen LogP contribution in [-0.2, 0) is 14.3 Å². The maximum Gasteiger partial charge on any atom is 0.312 e. The maximum atomic E-state index is 12.7. The van der Waals surface area contributed by atoms with E-state index in [-0.39, 0.29) is 28.6 Å². The molecule has 5 saturated carbocycles. The third kappa shape index (κ3) is 1.52. The molecule has 0 radical (unpaired) electrons. The summed E-state index contributed by atoms with van der Waals surface area (Å²) in [5.41, 5.74) is -1.46. The first-order valence-electron chi connectivity index (χ1n) is 9.50. The van der Waals surface area contributed by atoms with Gasteiger partial charge in [0.1, 0.15) is 0 Å². The van der Waals surface area contributed by atoms with Crippen molar-refractivity contribution < 1.29 is 24.5 Å². The second kappa shape index (κ2) is 4.30. The Morgan fingerprint density at radius 1 is 1.24 bits per heavy atom. The Hall–Kier alpha value is -1.36. The van der Waals surface area contributed by atoms with E-state index < -0.39 is 22.9 Å². The summed E-state index contributed by atoms with van der Waals surface area (Å²) in [5.74, 6) is -1.63. The van der Waals surface area contributed by atoms with Crippen molar-refractivity contribution in [3.05, 3.63) is 12.2 Å². The van der Waals surface area contributed by atoms with Gasteiger partial charge in [-0.3, -0.25) is 9.59 Å². The normalized spacial score (nSPS) is 56.2. The molecule has 5 heteroatoms. The zero-order chi connectivity index (χ0) is 17.8. The first kappa shape index (κ1) is 15.9. The fourth-order valence-electron chi connectivity index (χ4n) is 8.01. The first-order chi connectivity index (χ1) is 11.7. The van der Waals surface area contributed by atoms with Crippen molar-refractivity contribution >= 4 is 11.9 Å². The Labute approximate surface area is 147 Å². The second-order valence-electron chi connectivity index (χ2n) is 9.68. The number of carbonyl (C=O) groups is 2. The largest absolute Gasteiger partial charge is 0.481 e. The molecule has 1 aliphatic heterocycles. The third-order valence-electron chi connectivity index (χ3n) is 8.94. The fourth-order valence-corrected chi connectivity index (χ4v) is 8.01. The summed E-state index contributed by atoms with van der Waals surface area (Å²) >= 11 is 0. The molecule has 0 aromatic carbocycles. The molecule has 0 aromatic rings. The molecule has 1 heterocycles. The van der Waals surface area contributed by atoms with Gasteiger partial charge >= 0.3 is 11.9 Å². The van der Waals surface area contributed by atoms with Crippen LogP contribution in [0.5, 0.6) is 0 Å². The average Bonchev–Trinajstić information content (AvgIpc) is 2.80. The molecule has 6 rings (SSSR count). The number of ether oxygens (including phenoxy) is 1. The molecule has 5 nitrogen and oxygen atoms in total. The Kier molecular flexibility index (Phi) is 2.73. The number of carbonyl (C=O) groups excluding carboxylic acids is 1. The van der Waals surface area contributed by atoms with Crippen LogP contribution in [0, 0.1) is 34.0 Å². The number of aliphatic carboxylic acids is 1. The van der Waals surface area contributed by atoms with Crippen molar-refractivity contribution in [3.63, 3.8) is 0 Å². The summed E-state index contributed by atoms with van der Waals surface area (Å²) in [6.45, 7) is 6.36. The van der Waals surface area contributed by atoms with Gasteiger partial charge in [0.2, 0.25) is 0 Å². The number of rotatable bonds is 1. The van der Waals surface area contributed by atoms with Crippen LogP contribution in [-0.4, -0.2) is 34.4 Å². The van der Waals surface area contributed by atoms with E-state index in [0.29, 0.717) is 38.7 Å². The van der Waals surface area contributed by atoms with Gasteiger partial charge in [-0.2, -0.15) is 0 Å². The predicted octanol–water partition coefficient (Wildman–Crippen LogP) is 2.53. The minimum Gasteiger partial charge on any atom is -0.481 e. The minimum absolute atomic E-state index is 0.100. The topological polar surface area (TPSA) is 83.8 Å². The molecule has 6 aliphatic rings. The van der Waals surface area contributed by atoms with E-state index in [9.17, 15) is 19.8 Å². The number of aliphatic hydroxyl groups is 1. The molecule has 7 atom stereocenters. The highest BCUT2D eigenvalue weighted by Crippen LogP contribution is 2.79. The molecule has 0 unspecified atom stereocenters. The fraction of sp³-hybridized carbons (Fsp3) is 0.800. The highest BCUT2D eigenvalue weighted by Gasteiger charge is 2.79. The van der Waals surface area contributed by atoms with Gasteiger partial charge in [0, 0.05) is 5.41 Å². The standard InChI is InChI=1S/C20H26O5/c1-11-8-18-6-7-20(11,24)9-12(18)19-5-3-4-17(2,16(23)25-10-19)14(19)13(18)15(21)22/h12-14,24H,1,3-10H2,2H3,(H,21,22)/t12-,13-,14-,17+,18-,19-,20-/m1/s1. The van der Waals surface area contributed by atoms with Crippen LogP contribution in [0.3, 0.4) is 0 Å². The van der Waals surface area contributed by atoms with Gasteiger partial charge in [0.05, 0.1) is 23.5 Å². The Morgan fingerprint density at radius 3 is 2.68 bits per heavy atom. The Morgan fingerprint density at radius 2 is 2.00 bits per heavy atom. The number of cyclic esters (lactones) is 1. The molecule has 5 aliphatic carbocycles. The lowest BCUT2D eigenvalue weighted by atomic mass is 9.47. The molecule has 25 heavy (non-hydrogen) atoms. The zero-order valence-corrected chi connectivity index (χ0v) is 14.7. The maximum absolute atomic E-state index is 12.7. The van der Waals surface area contributed by atoms with Gasteiger partial charge in [-0.15, -0.1) is 0 Å². The van der Waals surface area contributed by atoms with E-state index in [4.69, 9.17) is 4.74 Å². The summed E-state index contributed by atoms with van der Waals surface area (Å²) in [6.07, 6.45) is 5.01. The summed E-state index contributed by atoms with van der Waals surface area (Å²) in [4.78, 5) is 25.2. The smallest absolute Gasteiger partial charge is 0.312 e. The summed E-state index contributed by atoms with van der Waals surface area (Å²) in [7, 11) is 0. The van der Waals surface area contributed by atoms with E-state index in [1.165, 1.54) is 0 Å². The minimum atomic E-state index is -0.867. The van der Waals surface area contributed by atoms with Crippen molar-refractivity contribution in [1.29, 1.82) is 0 Å². The predicted molar refractivity (Wildman–Crippen MR) is 88.4 cm³/mol. The highest BCUT2D eigenvalue weighted by molar-refractivity contribution is 5.82. The van der Waals surface area contributed by atoms with Gasteiger partial charge < -0.3 is 14.9 Å². The summed E-state index contributed by atoms with van der Waals surface area (Å²) < 4.78 is 5.66. The number of esters is 1. The quantitative estimate of drug-likeness (QED) is 0.563. The van der Waals surface area contributed by atoms with Crippen LogP contribution < -0.4 is 0 Å². The van der Waals surface area contributed by atoms with Crippen LogP contribution in [0.2, 0.25) is 0 Å². The van der Waals surface area contributed by atoms with Crippen LogP contribution in [0.15, 0.2) is 12.2 Å². The number of fused-ring (bicyclic) bond motifs is 2. The first-order valence-corrected chi connectivity index (χ1v) is 9.50. The second-order valence-corrected chi connectivity index (χ2v) is 9.68. The molecule has 4 bridgehead atoms. The molecule has 2 N–H and O–H groups in total. The molecule has 6 fully saturated rings. The third-order valence-corrected chi connectivity index (χ3v) is 8.94. The molecule has 136 valence electrons. The average molecular weight is 346 g/mol. The van der Waals surface area contributed by atoms with E-state index in [1.54, 1.807) is 0 Å². The van der Waals surface area contributed by atoms with E-state index in [1.807, 2.05) is 6.92 Å². The summed E-state index contributed by atoms with van der Waals surface area (Å²) in [6, 6.07) is 0. The number of carboxylic acids is 1. The molecule has 1 spiro atoms. The van der Waals surface area contributed by atoms with Crippen molar-refractivity contribution in [3.8, 4) is 0 Å². The van der Waals surface area contributed by atoms with Gasteiger partial charge in [-0.1, -0.05) is 13.0 Å². The molecular formula is C20H26O5. The van der Waals surface area contributed by atoms with Gasteiger partial charge in [-0.05, 0) is 68.3 Å². The highest BCUT2D eigenvalue weighted by atomic mass is 16.5. The van der Waals surface area contributed by atoms with Crippen molar-refractivity contribution in [2.24, 2.45) is 34.0 Å². The van der Waals surface area contributed by atoms with Crippen molar-refractivity contribution in [2.45, 2.75) is 57.5 Å². The monoisotopic (exact) mass is 346 g/mol. The van der Waals surface area contributed by atoms with E-state index in [2.05, 4.69) is 6.58 Å². The van der Waals surface area contributed by atoms with Crippen LogP contribution in [0.1, 0.15) is 51.9 Å². The van der Waals surface area contributed by atoms with Crippen LogP contribution >= 0.6 is 0 Å². The van der Waals surface area contributed by atoms with E-state index >= 15 is 0 Å². The number of carboxylic acid groups (broad SMARTS) is 1. The molecule has 0 aromatic heterocycles. The molecule has 1 saturated heterocycles. The molecule has 0 amide bonds. The lowest BCUT2D eigenvalue weighted by molar-refractivity contribution is -0.203. The number of hydrogen-bond donors (Lipinski definition) is 2. The molecular weight excluding hydrogens is 320 g/mol. The zero-order valence-electron chi connectivity index (χ0n) is 14.7. The Balaban J connectivity index is 1.76. The van der Waals surface area contributed by atoms with Crippen LogP contribution in [0.4, 0.5) is 0 Å². The van der Waals surface area contributed by atoms with Gasteiger partial charge in [0.15, 0.2) is 0 Å². The lowest BCUT2D eigenvalue weighted by Gasteiger charge is -2.59. The lowest BCUT2D eigenvalue weighted by Crippen LogP contribution is -2.59. The van der Waals surface area contributed by atoms with Gasteiger partial charge in [-0.25, -0.2) is 0 Å². The van der Waals surface area contributed by atoms with Crippen molar-refractivity contribution in [1.82, 2.24) is 0 Å². The van der Waals surface area contributed by atoms with Crippen molar-refractivity contribution in [2.75, 3.05) is 6.61 Å². The number of hydrogen-bond acceptors (Lipinski definition) is 4. The SMILES string of the molecule is C=C1C[C@]23CC[C@@]1(O)C[C@H]2[C@@]12CCC[C@](C)(C(=O)OC1)[C@H]2[C@@H]3C(=O)O. The van der Waals surface area contributed by atoms with E-state index in [0.717, 1.165) is 18.4 Å². The van der Waals surface area contributed by atoms with Gasteiger partial charge in [0.25, 0.3) is 0 Å². The summed E-state index contributed by atoms with van der Waals surface area (Å²) in [5, 5.41) is 21.4.